The number of nitrogens with one attached hydrogen (secondary N) is 1. The molecular weight excluding hydrogens is 362 g/mol. The Kier molecular flexibility index (Phi) is 4.81. The van der Waals surface area contributed by atoms with E-state index >= 15 is 0 Å². The van der Waals surface area contributed by atoms with E-state index in [1.165, 1.54) is 0 Å². The molecule has 1 amide bonds. The van der Waals surface area contributed by atoms with Gasteiger partial charge in [-0.3, -0.25) is 0 Å². The molecule has 0 atom stereocenters. The molecule has 9 nitrogen and oxygen atoms in total. The maximum absolute atomic E-state index is 11.9. The van der Waals surface area contributed by atoms with Crippen LogP contribution in [0.25, 0.3) is 21.9 Å². The van der Waals surface area contributed by atoms with E-state index in [4.69, 9.17) is 14.2 Å². The highest BCUT2D eigenvalue weighted by Crippen LogP contribution is 2.36. The van der Waals surface area contributed by atoms with Crippen LogP contribution < -0.4 is 14.4 Å². The van der Waals surface area contributed by atoms with Gasteiger partial charge in [0.1, 0.15) is 17.4 Å². The van der Waals surface area contributed by atoms with Crippen molar-refractivity contribution in [2.45, 2.75) is 6.92 Å². The average molecular weight is 385 g/mol. The van der Waals surface area contributed by atoms with E-state index in [1.54, 1.807) is 25.4 Å². The second-order valence-corrected chi connectivity index (χ2v) is 6.47. The van der Waals surface area contributed by atoms with Crippen LogP contribution in [0.5, 0.6) is 11.5 Å². The van der Waals surface area contributed by atoms with Gasteiger partial charge in [0.15, 0.2) is 17.3 Å². The van der Waals surface area contributed by atoms with Crippen LogP contribution >= 0.6 is 0 Å². The van der Waals surface area contributed by atoms with Gasteiger partial charge in [0.25, 0.3) is 0 Å². The molecule has 0 bridgehead atoms. The first-order valence-corrected chi connectivity index (χ1v) is 9.21. The molecule has 2 aromatic heterocycles. The summed E-state index contributed by atoms with van der Waals surface area (Å²) < 4.78 is 15.9. The third kappa shape index (κ3) is 3.02. The zero-order valence-corrected chi connectivity index (χ0v) is 16.2. The molecule has 1 N–H and O–H groups in total. The summed E-state index contributed by atoms with van der Waals surface area (Å²) in [5.74, 6) is 2.13. The second kappa shape index (κ2) is 7.41. The molecule has 0 unspecified atom stereocenters. The zero-order valence-electron chi connectivity index (χ0n) is 16.2. The zero-order chi connectivity index (χ0) is 19.7. The van der Waals surface area contributed by atoms with Crippen LogP contribution in [0.3, 0.4) is 0 Å². The highest BCUT2D eigenvalue weighted by atomic mass is 16.6. The topological polar surface area (TPSA) is 92.8 Å². The van der Waals surface area contributed by atoms with Crippen molar-refractivity contribution in [1.82, 2.24) is 19.9 Å². The third-order valence-corrected chi connectivity index (χ3v) is 4.97. The fourth-order valence-electron chi connectivity index (χ4n) is 3.56. The highest BCUT2D eigenvalue weighted by Gasteiger charge is 2.25. The summed E-state index contributed by atoms with van der Waals surface area (Å²) in [6.07, 6.45) is 1.30. The lowest BCUT2D eigenvalue weighted by molar-refractivity contribution is 0.105. The van der Waals surface area contributed by atoms with Crippen molar-refractivity contribution in [3.8, 4) is 11.5 Å². The van der Waals surface area contributed by atoms with Crippen molar-refractivity contribution < 1.29 is 19.0 Å². The van der Waals surface area contributed by atoms with Gasteiger partial charge in [0, 0.05) is 37.6 Å². The molecular formula is C19H23N5O4. The number of hydrogen-bond acceptors (Lipinski definition) is 7. The average Bonchev–Trinajstić information content (AvgIpc) is 3.10. The van der Waals surface area contributed by atoms with Gasteiger partial charge >= 0.3 is 6.09 Å². The summed E-state index contributed by atoms with van der Waals surface area (Å²) in [5, 5.41) is 0.946. The predicted octanol–water partition coefficient (Wildman–Crippen LogP) is 2.41. The van der Waals surface area contributed by atoms with Gasteiger partial charge in [0.2, 0.25) is 0 Å². The molecule has 1 saturated heterocycles. The number of H-pyrrole nitrogens is 1. The van der Waals surface area contributed by atoms with Crippen molar-refractivity contribution in [1.29, 1.82) is 0 Å². The van der Waals surface area contributed by atoms with Crippen LogP contribution in [0, 0.1) is 0 Å². The Morgan fingerprint density at radius 3 is 2.50 bits per heavy atom. The van der Waals surface area contributed by atoms with Crippen molar-refractivity contribution in [2.75, 3.05) is 51.9 Å². The van der Waals surface area contributed by atoms with Gasteiger partial charge in [0.05, 0.1) is 26.3 Å². The molecule has 0 aliphatic carbocycles. The van der Waals surface area contributed by atoms with Crippen LogP contribution in [0.15, 0.2) is 18.5 Å². The first-order valence-electron chi connectivity index (χ1n) is 9.21. The summed E-state index contributed by atoms with van der Waals surface area (Å²) in [5.41, 5.74) is 2.59. The Balaban J connectivity index is 1.68. The second-order valence-electron chi connectivity index (χ2n) is 6.47. The smallest absolute Gasteiger partial charge is 0.409 e. The number of ether oxygens (including phenoxy) is 3. The maximum atomic E-state index is 11.9. The van der Waals surface area contributed by atoms with Crippen LogP contribution in [0.4, 0.5) is 10.6 Å². The number of anilines is 1. The Morgan fingerprint density at radius 2 is 1.82 bits per heavy atom. The number of methoxy groups -OCH3 is 2. The summed E-state index contributed by atoms with van der Waals surface area (Å²) in [4.78, 5) is 28.2. The van der Waals surface area contributed by atoms with Crippen LogP contribution in [0.1, 0.15) is 6.92 Å². The number of nitrogens with zero attached hydrogens (tertiary/aromatic N) is 4. The number of aromatic nitrogens is 3. The van der Waals surface area contributed by atoms with Crippen molar-refractivity contribution >= 4 is 33.8 Å². The van der Waals surface area contributed by atoms with Crippen molar-refractivity contribution in [3.05, 3.63) is 18.5 Å². The summed E-state index contributed by atoms with van der Waals surface area (Å²) in [7, 11) is 3.22. The lowest BCUT2D eigenvalue weighted by Gasteiger charge is -2.34. The lowest BCUT2D eigenvalue weighted by Crippen LogP contribution is -2.49. The number of carbonyl (C=O) groups is 1. The van der Waals surface area contributed by atoms with Crippen LogP contribution in [0.2, 0.25) is 0 Å². The quantitative estimate of drug-likeness (QED) is 0.737. The van der Waals surface area contributed by atoms with Gasteiger partial charge in [-0.15, -0.1) is 0 Å². The normalized spacial score (nSPS) is 14.5. The lowest BCUT2D eigenvalue weighted by atomic mass is 10.2. The van der Waals surface area contributed by atoms with Gasteiger partial charge in [-0.25, -0.2) is 14.8 Å². The number of carbonyl (C=O) groups excluding carboxylic acids is 1. The number of piperazine rings is 1. The van der Waals surface area contributed by atoms with E-state index in [-0.39, 0.29) is 6.09 Å². The van der Waals surface area contributed by atoms with Crippen molar-refractivity contribution in [3.63, 3.8) is 0 Å². The summed E-state index contributed by atoms with van der Waals surface area (Å²) in [6, 6.07) is 3.82. The molecule has 0 saturated carbocycles. The van der Waals surface area contributed by atoms with Gasteiger partial charge < -0.3 is 29.0 Å². The molecule has 0 spiro atoms. The number of benzene rings is 1. The first kappa shape index (κ1) is 18.1. The van der Waals surface area contributed by atoms with Gasteiger partial charge in [-0.2, -0.15) is 0 Å². The molecule has 1 aliphatic rings. The molecule has 1 aromatic carbocycles. The third-order valence-electron chi connectivity index (χ3n) is 4.97. The van der Waals surface area contributed by atoms with Crippen molar-refractivity contribution in [2.24, 2.45) is 0 Å². The number of hydrogen-bond donors (Lipinski definition) is 1. The standard InChI is InChI=1S/C19H23N5O4/c1-4-28-19(25)24-7-5-23(6-8-24)18-17-16(20-11-21-18)12-9-14(26-2)15(27-3)10-13(12)22-17/h9-11,22H,4-8H2,1-3H3. The van der Waals surface area contributed by atoms with Crippen LogP contribution in [-0.2, 0) is 4.74 Å². The number of amides is 1. The molecule has 3 heterocycles. The van der Waals surface area contributed by atoms with E-state index in [9.17, 15) is 4.79 Å². The SMILES string of the molecule is CCOC(=O)N1CCN(c2ncnc3c2[nH]c2cc(OC)c(OC)cc23)CC1. The minimum atomic E-state index is -0.264. The molecule has 9 heteroatoms. The predicted molar refractivity (Wildman–Crippen MR) is 105 cm³/mol. The molecule has 4 rings (SSSR count). The summed E-state index contributed by atoms with van der Waals surface area (Å²) >= 11 is 0. The number of aromatic amines is 1. The molecule has 1 fully saturated rings. The minimum absolute atomic E-state index is 0.264. The monoisotopic (exact) mass is 385 g/mol. The van der Waals surface area contributed by atoms with E-state index in [2.05, 4.69) is 19.9 Å². The Hall–Kier alpha value is -3.23. The van der Waals surface area contributed by atoms with E-state index < -0.39 is 0 Å². The van der Waals surface area contributed by atoms with E-state index in [0.717, 1.165) is 27.8 Å². The molecule has 1 aliphatic heterocycles. The van der Waals surface area contributed by atoms with Crippen LogP contribution in [-0.4, -0.2) is 73.0 Å². The number of rotatable bonds is 4. The first-order chi connectivity index (χ1) is 13.7. The molecule has 28 heavy (non-hydrogen) atoms. The Morgan fingerprint density at radius 1 is 1.11 bits per heavy atom. The maximum Gasteiger partial charge on any atom is 0.409 e. The number of fused-ring (bicyclic) bond motifs is 3. The highest BCUT2D eigenvalue weighted by molar-refractivity contribution is 6.09. The Labute approximate surface area is 162 Å². The molecule has 148 valence electrons. The fraction of sp³-hybridized carbons (Fsp3) is 0.421. The Bertz CT molecular complexity index is 1010. The molecule has 0 radical (unpaired) electrons. The summed E-state index contributed by atoms with van der Waals surface area (Å²) in [6.45, 7) is 4.72. The van der Waals surface area contributed by atoms with Gasteiger partial charge in [-0.1, -0.05) is 0 Å². The van der Waals surface area contributed by atoms with E-state index in [0.29, 0.717) is 44.3 Å². The van der Waals surface area contributed by atoms with E-state index in [1.807, 2.05) is 19.1 Å². The molecule has 3 aromatic rings. The van der Waals surface area contributed by atoms with Gasteiger partial charge in [-0.05, 0) is 13.0 Å². The largest absolute Gasteiger partial charge is 0.493 e. The fourth-order valence-corrected chi connectivity index (χ4v) is 3.56. The minimum Gasteiger partial charge on any atom is -0.493 e.